The molecule has 0 saturated heterocycles. The number of nitrogens with zero attached hydrogens (tertiary/aromatic N) is 3. The topological polar surface area (TPSA) is 56.7 Å². The molecule has 3 rings (SSSR count). The summed E-state index contributed by atoms with van der Waals surface area (Å²) in [4.78, 5) is 0. The second-order valence-electron chi connectivity index (χ2n) is 4.92. The first-order valence-electron chi connectivity index (χ1n) is 6.30. The Morgan fingerprint density at radius 2 is 2.05 bits per heavy atom. The van der Waals surface area contributed by atoms with Crippen molar-refractivity contribution in [1.82, 2.24) is 14.8 Å². The summed E-state index contributed by atoms with van der Waals surface area (Å²) in [6.45, 7) is 0.634. The molecule has 1 unspecified atom stereocenters. The Kier molecular flexibility index (Phi) is 3.01. The van der Waals surface area contributed by atoms with E-state index in [4.69, 9.17) is 5.73 Å². The van der Waals surface area contributed by atoms with E-state index in [9.17, 15) is 13.2 Å². The Hall–Kier alpha value is -1.89. The number of nitrogens with two attached hydrogens (primary N) is 1. The van der Waals surface area contributed by atoms with Crippen molar-refractivity contribution in [3.05, 3.63) is 35.7 Å². The zero-order valence-corrected chi connectivity index (χ0v) is 10.6. The summed E-state index contributed by atoms with van der Waals surface area (Å²) in [5.74, 6) is 1.20. The minimum Gasteiger partial charge on any atom is -0.327 e. The van der Waals surface area contributed by atoms with Crippen molar-refractivity contribution in [3.63, 3.8) is 0 Å². The fourth-order valence-corrected chi connectivity index (χ4v) is 2.40. The van der Waals surface area contributed by atoms with Crippen LogP contribution in [-0.4, -0.2) is 20.8 Å². The van der Waals surface area contributed by atoms with Crippen LogP contribution in [0.15, 0.2) is 24.3 Å². The Balaban J connectivity index is 2.02. The minimum atomic E-state index is -4.36. The monoisotopic (exact) mass is 282 g/mol. The Morgan fingerprint density at radius 1 is 1.25 bits per heavy atom. The summed E-state index contributed by atoms with van der Waals surface area (Å²) in [5, 5.41) is 8.04. The SMILES string of the molecule is NC1CCn2c(nnc2-c2cccc(C(F)(F)F)c2)C1. The molecule has 1 aromatic carbocycles. The second kappa shape index (κ2) is 4.59. The van der Waals surface area contributed by atoms with Gasteiger partial charge in [0.1, 0.15) is 5.82 Å². The minimum absolute atomic E-state index is 0.0426. The van der Waals surface area contributed by atoms with E-state index in [1.807, 2.05) is 4.57 Å². The number of rotatable bonds is 1. The maximum Gasteiger partial charge on any atom is 0.416 e. The summed E-state index contributed by atoms with van der Waals surface area (Å²) in [7, 11) is 0. The first kappa shape index (κ1) is 13.1. The first-order valence-corrected chi connectivity index (χ1v) is 6.30. The van der Waals surface area contributed by atoms with Gasteiger partial charge in [0.25, 0.3) is 0 Å². The van der Waals surface area contributed by atoms with Gasteiger partial charge in [-0.15, -0.1) is 10.2 Å². The molecule has 0 spiro atoms. The fraction of sp³-hybridized carbons (Fsp3) is 0.385. The lowest BCUT2D eigenvalue weighted by molar-refractivity contribution is -0.137. The molecule has 0 radical (unpaired) electrons. The lowest BCUT2D eigenvalue weighted by Crippen LogP contribution is -2.31. The van der Waals surface area contributed by atoms with Crippen LogP contribution < -0.4 is 5.73 Å². The van der Waals surface area contributed by atoms with E-state index < -0.39 is 11.7 Å². The highest BCUT2D eigenvalue weighted by Gasteiger charge is 2.31. The largest absolute Gasteiger partial charge is 0.416 e. The van der Waals surface area contributed by atoms with Crippen molar-refractivity contribution in [1.29, 1.82) is 0 Å². The molecule has 0 bridgehead atoms. The van der Waals surface area contributed by atoms with E-state index in [0.717, 1.165) is 24.4 Å². The van der Waals surface area contributed by atoms with Gasteiger partial charge in [-0.1, -0.05) is 12.1 Å². The van der Waals surface area contributed by atoms with Gasteiger partial charge in [-0.05, 0) is 18.6 Å². The van der Waals surface area contributed by atoms with Crippen molar-refractivity contribution >= 4 is 0 Å². The summed E-state index contributed by atoms with van der Waals surface area (Å²) >= 11 is 0. The van der Waals surface area contributed by atoms with Crippen molar-refractivity contribution in [3.8, 4) is 11.4 Å². The fourth-order valence-electron chi connectivity index (χ4n) is 2.40. The summed E-state index contributed by atoms with van der Waals surface area (Å²) in [6, 6.07) is 5.19. The quantitative estimate of drug-likeness (QED) is 0.872. The van der Waals surface area contributed by atoms with Crippen LogP contribution in [0.4, 0.5) is 13.2 Å². The highest BCUT2D eigenvalue weighted by atomic mass is 19.4. The van der Waals surface area contributed by atoms with Crippen molar-refractivity contribution < 1.29 is 13.2 Å². The maximum absolute atomic E-state index is 12.7. The van der Waals surface area contributed by atoms with E-state index >= 15 is 0 Å². The normalized spacial score (nSPS) is 18.9. The number of benzene rings is 1. The van der Waals surface area contributed by atoms with Gasteiger partial charge >= 0.3 is 6.18 Å². The van der Waals surface area contributed by atoms with E-state index in [1.165, 1.54) is 6.07 Å². The predicted octanol–water partition coefficient (Wildman–Crippen LogP) is 2.24. The molecule has 0 aliphatic carbocycles. The third-order valence-corrected chi connectivity index (χ3v) is 3.44. The van der Waals surface area contributed by atoms with Crippen molar-refractivity contribution in [2.75, 3.05) is 0 Å². The van der Waals surface area contributed by atoms with Gasteiger partial charge in [-0.25, -0.2) is 0 Å². The molecule has 4 nitrogen and oxygen atoms in total. The number of fused-ring (bicyclic) bond motifs is 1. The zero-order valence-electron chi connectivity index (χ0n) is 10.6. The number of alkyl halides is 3. The molecule has 0 fully saturated rings. The summed E-state index contributed by atoms with van der Waals surface area (Å²) in [6.07, 6.45) is -2.98. The predicted molar refractivity (Wildman–Crippen MR) is 66.8 cm³/mol. The van der Waals surface area contributed by atoms with Crippen LogP contribution in [0, 0.1) is 0 Å². The Labute approximate surface area is 113 Å². The van der Waals surface area contributed by atoms with Gasteiger partial charge in [-0.2, -0.15) is 13.2 Å². The average Bonchev–Trinajstić information content (AvgIpc) is 2.80. The molecule has 1 aliphatic heterocycles. The van der Waals surface area contributed by atoms with Gasteiger partial charge in [0.2, 0.25) is 0 Å². The third-order valence-electron chi connectivity index (χ3n) is 3.44. The summed E-state index contributed by atoms with van der Waals surface area (Å²) in [5.41, 5.74) is 5.59. The smallest absolute Gasteiger partial charge is 0.327 e. The number of aromatic nitrogens is 3. The van der Waals surface area contributed by atoms with Crippen molar-refractivity contribution in [2.45, 2.75) is 31.6 Å². The molecule has 1 aliphatic rings. The molecule has 1 aromatic heterocycles. The molecule has 0 amide bonds. The third kappa shape index (κ3) is 2.29. The van der Waals surface area contributed by atoms with E-state index in [2.05, 4.69) is 10.2 Å². The molecule has 2 aromatic rings. The molecule has 2 heterocycles. The lowest BCUT2D eigenvalue weighted by Gasteiger charge is -2.20. The Morgan fingerprint density at radius 3 is 2.80 bits per heavy atom. The van der Waals surface area contributed by atoms with Crippen LogP contribution in [-0.2, 0) is 19.1 Å². The van der Waals surface area contributed by atoms with Gasteiger partial charge in [-0.3, -0.25) is 0 Å². The van der Waals surface area contributed by atoms with Gasteiger partial charge < -0.3 is 10.3 Å². The number of hydrogen-bond donors (Lipinski definition) is 1. The molecule has 20 heavy (non-hydrogen) atoms. The number of hydrogen-bond acceptors (Lipinski definition) is 3. The molecule has 1 atom stereocenters. The molecular weight excluding hydrogens is 269 g/mol. The van der Waals surface area contributed by atoms with E-state index in [1.54, 1.807) is 6.07 Å². The van der Waals surface area contributed by atoms with Crippen LogP contribution in [0.3, 0.4) is 0 Å². The van der Waals surface area contributed by atoms with Crippen LogP contribution in [0.2, 0.25) is 0 Å². The molecule has 106 valence electrons. The maximum atomic E-state index is 12.7. The van der Waals surface area contributed by atoms with Crippen LogP contribution in [0.1, 0.15) is 17.8 Å². The van der Waals surface area contributed by atoms with Crippen molar-refractivity contribution in [2.24, 2.45) is 5.73 Å². The molecular formula is C13H13F3N4. The first-order chi connectivity index (χ1) is 9.45. The molecule has 2 N–H and O–H groups in total. The summed E-state index contributed by atoms with van der Waals surface area (Å²) < 4.78 is 40.1. The second-order valence-corrected chi connectivity index (χ2v) is 4.92. The van der Waals surface area contributed by atoms with Gasteiger partial charge in [0.05, 0.1) is 5.56 Å². The lowest BCUT2D eigenvalue weighted by atomic mass is 10.1. The van der Waals surface area contributed by atoms with Gasteiger partial charge in [0, 0.05) is 24.6 Å². The molecule has 7 heteroatoms. The van der Waals surface area contributed by atoms with E-state index in [-0.39, 0.29) is 6.04 Å². The van der Waals surface area contributed by atoms with Crippen LogP contribution >= 0.6 is 0 Å². The van der Waals surface area contributed by atoms with Gasteiger partial charge in [0.15, 0.2) is 5.82 Å². The van der Waals surface area contributed by atoms with E-state index in [0.29, 0.717) is 24.4 Å². The number of halogens is 3. The highest BCUT2D eigenvalue weighted by Crippen LogP contribution is 2.32. The zero-order chi connectivity index (χ0) is 14.3. The van der Waals surface area contributed by atoms with Crippen LogP contribution in [0.25, 0.3) is 11.4 Å². The standard InChI is InChI=1S/C13H13F3N4/c14-13(15,16)9-3-1-2-8(6-9)12-19-18-11-7-10(17)4-5-20(11)12/h1-3,6,10H,4-5,7,17H2. The van der Waals surface area contributed by atoms with Crippen LogP contribution in [0.5, 0.6) is 0 Å². The Bertz CT molecular complexity index is 633. The molecule has 0 saturated carbocycles. The highest BCUT2D eigenvalue weighted by molar-refractivity contribution is 5.57. The average molecular weight is 282 g/mol.